The molecule has 5 nitrogen and oxygen atoms in total. The van der Waals surface area contributed by atoms with Gasteiger partial charge in [-0.25, -0.2) is 0 Å². The molecule has 2 aromatic carbocycles. The first-order valence-corrected chi connectivity index (χ1v) is 10.3. The number of fused-ring (bicyclic) bond motifs is 1. The van der Waals surface area contributed by atoms with Gasteiger partial charge in [0, 0.05) is 18.7 Å². The highest BCUT2D eigenvalue weighted by Gasteiger charge is 2.54. The van der Waals surface area contributed by atoms with E-state index in [1.54, 1.807) is 7.11 Å². The third-order valence-electron chi connectivity index (χ3n) is 6.07. The molecule has 1 saturated carbocycles. The number of carbonyl (C=O) groups excluding carboxylic acids is 1. The van der Waals surface area contributed by atoms with Crippen LogP contribution < -0.4 is 9.47 Å². The van der Waals surface area contributed by atoms with Crippen LogP contribution in [0.2, 0.25) is 0 Å². The fourth-order valence-corrected chi connectivity index (χ4v) is 4.31. The van der Waals surface area contributed by atoms with Crippen molar-refractivity contribution in [2.45, 2.75) is 37.8 Å². The molecule has 154 valence electrons. The van der Waals surface area contributed by atoms with Gasteiger partial charge in [-0.2, -0.15) is 0 Å². The van der Waals surface area contributed by atoms with Crippen molar-refractivity contribution in [2.75, 3.05) is 34.4 Å². The standard InChI is InChI=1S/C24H30N2O3/c1-17-5-10-22-18(13-17)14-26(20(16-29-22)15-25(2)3)23(27)24(11-12-24)19-6-8-21(28-4)9-7-19/h5-10,13,20H,11-12,14-16H2,1-4H3/t20-/m1/s1. The summed E-state index contributed by atoms with van der Waals surface area (Å²) in [4.78, 5) is 18.1. The number of rotatable bonds is 5. The Morgan fingerprint density at radius 3 is 2.55 bits per heavy atom. The molecule has 29 heavy (non-hydrogen) atoms. The number of hydrogen-bond acceptors (Lipinski definition) is 4. The molecule has 1 atom stereocenters. The minimum Gasteiger partial charge on any atom is -0.497 e. The van der Waals surface area contributed by atoms with E-state index >= 15 is 0 Å². The van der Waals surface area contributed by atoms with Gasteiger partial charge in [0.2, 0.25) is 5.91 Å². The van der Waals surface area contributed by atoms with Crippen molar-refractivity contribution < 1.29 is 14.3 Å². The van der Waals surface area contributed by atoms with Crippen molar-refractivity contribution in [3.05, 3.63) is 59.2 Å². The number of ether oxygens (including phenoxy) is 2. The molecule has 2 aromatic rings. The molecule has 0 N–H and O–H groups in total. The predicted molar refractivity (Wildman–Crippen MR) is 113 cm³/mol. The number of nitrogens with zero attached hydrogens (tertiary/aromatic N) is 2. The van der Waals surface area contributed by atoms with Crippen LogP contribution in [0.1, 0.15) is 29.5 Å². The van der Waals surface area contributed by atoms with Gasteiger partial charge in [-0.1, -0.05) is 29.8 Å². The summed E-state index contributed by atoms with van der Waals surface area (Å²) in [6.07, 6.45) is 1.79. The van der Waals surface area contributed by atoms with Crippen LogP contribution in [-0.4, -0.2) is 56.1 Å². The van der Waals surface area contributed by atoms with Crippen LogP contribution in [0.25, 0.3) is 0 Å². The number of benzene rings is 2. The third kappa shape index (κ3) is 3.84. The summed E-state index contributed by atoms with van der Waals surface area (Å²) in [5, 5.41) is 0. The zero-order chi connectivity index (χ0) is 20.6. The second-order valence-corrected chi connectivity index (χ2v) is 8.58. The van der Waals surface area contributed by atoms with Gasteiger partial charge in [0.1, 0.15) is 18.1 Å². The molecule has 0 aromatic heterocycles. The first-order valence-electron chi connectivity index (χ1n) is 10.3. The zero-order valence-corrected chi connectivity index (χ0v) is 17.8. The fourth-order valence-electron chi connectivity index (χ4n) is 4.31. The topological polar surface area (TPSA) is 42.0 Å². The lowest BCUT2D eigenvalue weighted by Gasteiger charge is -2.34. The third-order valence-corrected chi connectivity index (χ3v) is 6.07. The number of aryl methyl sites for hydroxylation is 1. The van der Waals surface area contributed by atoms with E-state index in [1.807, 2.05) is 44.4 Å². The number of methoxy groups -OCH3 is 1. The van der Waals surface area contributed by atoms with Crippen LogP contribution in [0.4, 0.5) is 0 Å². The molecule has 1 heterocycles. The first kappa shape index (κ1) is 19.8. The highest BCUT2D eigenvalue weighted by atomic mass is 16.5. The van der Waals surface area contributed by atoms with Crippen molar-refractivity contribution in [2.24, 2.45) is 0 Å². The van der Waals surface area contributed by atoms with E-state index in [0.717, 1.165) is 42.0 Å². The summed E-state index contributed by atoms with van der Waals surface area (Å²) >= 11 is 0. The lowest BCUT2D eigenvalue weighted by molar-refractivity contribution is -0.137. The van der Waals surface area contributed by atoms with Gasteiger partial charge in [0.25, 0.3) is 0 Å². The largest absolute Gasteiger partial charge is 0.497 e. The Morgan fingerprint density at radius 2 is 1.93 bits per heavy atom. The normalized spacial score (nSPS) is 19.9. The predicted octanol–water partition coefficient (Wildman–Crippen LogP) is 3.39. The van der Waals surface area contributed by atoms with Crippen LogP contribution >= 0.6 is 0 Å². The maximum absolute atomic E-state index is 13.9. The van der Waals surface area contributed by atoms with Gasteiger partial charge >= 0.3 is 0 Å². The van der Waals surface area contributed by atoms with Gasteiger partial charge in [-0.15, -0.1) is 0 Å². The molecule has 0 spiro atoms. The zero-order valence-electron chi connectivity index (χ0n) is 17.8. The van der Waals surface area contributed by atoms with E-state index in [9.17, 15) is 4.79 Å². The van der Waals surface area contributed by atoms with Crippen LogP contribution in [0.15, 0.2) is 42.5 Å². The maximum Gasteiger partial charge on any atom is 0.233 e. The van der Waals surface area contributed by atoms with E-state index in [2.05, 4.69) is 28.9 Å². The summed E-state index contributed by atoms with van der Waals surface area (Å²) in [5.74, 6) is 1.92. The molecular weight excluding hydrogens is 364 g/mol. The van der Waals surface area contributed by atoms with Gasteiger partial charge in [-0.05, 0) is 57.6 Å². The van der Waals surface area contributed by atoms with Crippen molar-refractivity contribution in [3.8, 4) is 11.5 Å². The Labute approximate surface area is 173 Å². The molecule has 0 bridgehead atoms. The average molecular weight is 395 g/mol. The molecule has 1 aliphatic heterocycles. The van der Waals surface area contributed by atoms with E-state index in [0.29, 0.717) is 13.2 Å². The van der Waals surface area contributed by atoms with Crippen molar-refractivity contribution >= 4 is 5.91 Å². The summed E-state index contributed by atoms with van der Waals surface area (Å²) in [6, 6.07) is 14.2. The Balaban J connectivity index is 1.67. The summed E-state index contributed by atoms with van der Waals surface area (Å²) in [6.45, 7) is 3.96. The van der Waals surface area contributed by atoms with E-state index < -0.39 is 5.41 Å². The van der Waals surface area contributed by atoms with Crippen molar-refractivity contribution in [3.63, 3.8) is 0 Å². The van der Waals surface area contributed by atoms with Crippen LogP contribution in [0.5, 0.6) is 11.5 Å². The molecule has 4 rings (SSSR count). The molecule has 5 heteroatoms. The Bertz CT molecular complexity index is 887. The van der Waals surface area contributed by atoms with Crippen LogP contribution in [-0.2, 0) is 16.8 Å². The van der Waals surface area contributed by atoms with Crippen molar-refractivity contribution in [1.29, 1.82) is 0 Å². The van der Waals surface area contributed by atoms with Gasteiger partial charge in [0.05, 0.1) is 18.6 Å². The monoisotopic (exact) mass is 394 g/mol. The lowest BCUT2D eigenvalue weighted by Crippen LogP contribution is -2.50. The Kier molecular flexibility index (Phi) is 5.26. The van der Waals surface area contributed by atoms with Crippen molar-refractivity contribution in [1.82, 2.24) is 9.80 Å². The molecular formula is C24H30N2O3. The second-order valence-electron chi connectivity index (χ2n) is 8.58. The second kappa shape index (κ2) is 7.71. The Morgan fingerprint density at radius 1 is 1.21 bits per heavy atom. The number of carbonyl (C=O) groups is 1. The quantitative estimate of drug-likeness (QED) is 0.780. The smallest absolute Gasteiger partial charge is 0.233 e. The highest BCUT2D eigenvalue weighted by Crippen LogP contribution is 2.50. The summed E-state index contributed by atoms with van der Waals surface area (Å²) < 4.78 is 11.4. The SMILES string of the molecule is COc1ccc(C2(C(=O)N3Cc4cc(C)ccc4OC[C@H]3CN(C)C)CC2)cc1. The van der Waals surface area contributed by atoms with E-state index in [-0.39, 0.29) is 11.9 Å². The summed E-state index contributed by atoms with van der Waals surface area (Å²) in [5.41, 5.74) is 2.94. The summed E-state index contributed by atoms with van der Waals surface area (Å²) in [7, 11) is 5.75. The lowest BCUT2D eigenvalue weighted by atomic mass is 9.93. The molecule has 2 aliphatic rings. The first-order chi connectivity index (χ1) is 13.9. The molecule has 1 aliphatic carbocycles. The minimum absolute atomic E-state index is 0.0147. The highest BCUT2D eigenvalue weighted by molar-refractivity contribution is 5.91. The average Bonchev–Trinajstić information content (AvgIpc) is 3.52. The number of likely N-dealkylation sites (N-methyl/N-ethyl adjacent to an activating group) is 1. The molecule has 0 radical (unpaired) electrons. The number of amides is 1. The van der Waals surface area contributed by atoms with Crippen LogP contribution in [0.3, 0.4) is 0 Å². The van der Waals surface area contributed by atoms with Gasteiger partial charge in [-0.3, -0.25) is 4.79 Å². The van der Waals surface area contributed by atoms with Gasteiger partial charge < -0.3 is 19.3 Å². The van der Waals surface area contributed by atoms with E-state index in [4.69, 9.17) is 9.47 Å². The molecule has 0 unspecified atom stereocenters. The van der Waals surface area contributed by atoms with Gasteiger partial charge in [0.15, 0.2) is 0 Å². The van der Waals surface area contributed by atoms with Crippen LogP contribution in [0, 0.1) is 6.92 Å². The Hall–Kier alpha value is -2.53. The van der Waals surface area contributed by atoms with E-state index in [1.165, 1.54) is 5.56 Å². The molecule has 1 amide bonds. The maximum atomic E-state index is 13.9. The minimum atomic E-state index is -0.412. The number of hydrogen-bond donors (Lipinski definition) is 0. The fraction of sp³-hybridized carbons (Fsp3) is 0.458. The molecule has 1 fully saturated rings. The molecule has 0 saturated heterocycles.